The Morgan fingerprint density at radius 2 is 1.69 bits per heavy atom. The van der Waals surface area contributed by atoms with E-state index in [1.54, 1.807) is 30.3 Å². The van der Waals surface area contributed by atoms with Gasteiger partial charge in [0.15, 0.2) is 9.75 Å². The molecular formula is C29H23Cl3N2O5. The number of benzene rings is 2. The van der Waals surface area contributed by atoms with E-state index in [9.17, 15) is 24.3 Å². The third-order valence-corrected chi connectivity index (χ3v) is 10.4. The van der Waals surface area contributed by atoms with Crippen LogP contribution < -0.4 is 4.90 Å². The van der Waals surface area contributed by atoms with Gasteiger partial charge in [-0.15, -0.1) is 23.2 Å². The van der Waals surface area contributed by atoms with Crippen LogP contribution in [0.4, 0.5) is 5.69 Å². The summed E-state index contributed by atoms with van der Waals surface area (Å²) < 4.78 is 0. The molecule has 1 N–H and O–H groups in total. The molecule has 2 heterocycles. The first-order chi connectivity index (χ1) is 18.5. The molecule has 2 saturated heterocycles. The van der Waals surface area contributed by atoms with Crippen LogP contribution in [0.1, 0.15) is 29.9 Å². The van der Waals surface area contributed by atoms with Crippen molar-refractivity contribution in [2.24, 2.45) is 17.8 Å². The van der Waals surface area contributed by atoms with E-state index in [4.69, 9.17) is 34.8 Å². The van der Waals surface area contributed by atoms with E-state index < -0.39 is 51.1 Å². The standard InChI is InChI=1S/C29H23Cl3N2O5/c1-3-14-4-7-16(8-5-14)34-24(36)18-10-9-17-20(22(18)25(34)37)13-28(31)26(38)33(2)27(39)29(28,32)23(17)19-12-15(30)6-11-21(19)35/h3-9,11-12,18,20,22-23,35H,1,10,13H2,2H3. The molecular weight excluding hydrogens is 563 g/mol. The molecule has 200 valence electrons. The number of alkyl halides is 2. The molecule has 2 aliphatic carbocycles. The lowest BCUT2D eigenvalue weighted by atomic mass is 9.56. The Kier molecular flexibility index (Phi) is 5.81. The summed E-state index contributed by atoms with van der Waals surface area (Å²) in [7, 11) is 1.31. The fourth-order valence-corrected chi connectivity index (χ4v) is 8.05. The molecule has 10 heteroatoms. The van der Waals surface area contributed by atoms with Gasteiger partial charge in [0.05, 0.1) is 17.5 Å². The Labute approximate surface area is 239 Å². The van der Waals surface area contributed by atoms with E-state index in [2.05, 4.69) is 6.58 Å². The van der Waals surface area contributed by atoms with Crippen molar-refractivity contribution in [1.29, 1.82) is 0 Å². The van der Waals surface area contributed by atoms with Gasteiger partial charge in [-0.25, -0.2) is 0 Å². The van der Waals surface area contributed by atoms with Crippen LogP contribution in [-0.2, 0) is 19.2 Å². The number of halogens is 3. The summed E-state index contributed by atoms with van der Waals surface area (Å²) in [5.74, 6) is -5.58. The number of nitrogens with zero attached hydrogens (tertiary/aromatic N) is 2. The first kappa shape index (κ1) is 26.1. The van der Waals surface area contributed by atoms with Gasteiger partial charge in [-0.3, -0.25) is 29.0 Å². The van der Waals surface area contributed by atoms with E-state index >= 15 is 0 Å². The molecule has 2 aliphatic heterocycles. The Morgan fingerprint density at radius 1 is 1.00 bits per heavy atom. The van der Waals surface area contributed by atoms with E-state index in [0.717, 1.165) is 10.5 Å². The predicted octanol–water partition coefficient (Wildman–Crippen LogP) is 4.88. The highest BCUT2D eigenvalue weighted by atomic mass is 35.5. The fraction of sp³-hybridized carbons (Fsp3) is 0.310. The molecule has 0 bridgehead atoms. The number of hydrogen-bond acceptors (Lipinski definition) is 5. The zero-order valence-corrected chi connectivity index (χ0v) is 23.0. The first-order valence-electron chi connectivity index (χ1n) is 12.4. The highest BCUT2D eigenvalue weighted by Crippen LogP contribution is 2.66. The molecule has 0 radical (unpaired) electrons. The lowest BCUT2D eigenvalue weighted by Crippen LogP contribution is -2.60. The van der Waals surface area contributed by atoms with Crippen LogP contribution >= 0.6 is 34.8 Å². The molecule has 1 saturated carbocycles. The average Bonchev–Trinajstić information content (AvgIpc) is 3.25. The number of anilines is 1. The molecule has 2 aromatic rings. The molecule has 3 fully saturated rings. The van der Waals surface area contributed by atoms with Crippen LogP contribution in [-0.4, -0.2) is 50.4 Å². The monoisotopic (exact) mass is 584 g/mol. The Balaban J connectivity index is 1.51. The van der Waals surface area contributed by atoms with E-state index in [1.807, 2.05) is 6.08 Å². The van der Waals surface area contributed by atoms with E-state index in [0.29, 0.717) is 11.3 Å². The van der Waals surface area contributed by atoms with Crippen LogP contribution in [0.15, 0.2) is 60.7 Å². The van der Waals surface area contributed by atoms with Gasteiger partial charge >= 0.3 is 0 Å². The predicted molar refractivity (Wildman–Crippen MR) is 148 cm³/mol. The number of rotatable bonds is 3. The van der Waals surface area contributed by atoms with Crippen LogP contribution in [0, 0.1) is 17.8 Å². The molecule has 6 unspecified atom stereocenters. The molecule has 4 aliphatic rings. The van der Waals surface area contributed by atoms with E-state index in [-0.39, 0.29) is 35.1 Å². The minimum absolute atomic E-state index is 0.125. The zero-order chi connectivity index (χ0) is 28.0. The number of carbonyl (C=O) groups excluding carboxylic acids is 4. The summed E-state index contributed by atoms with van der Waals surface area (Å²) in [6.45, 7) is 3.73. The van der Waals surface area contributed by atoms with Gasteiger partial charge in [-0.2, -0.15) is 0 Å². The quantitative estimate of drug-likeness (QED) is 0.315. The van der Waals surface area contributed by atoms with Crippen molar-refractivity contribution < 1.29 is 24.3 Å². The number of fused-ring (bicyclic) bond motifs is 4. The van der Waals surface area contributed by atoms with Crippen molar-refractivity contribution in [2.45, 2.75) is 28.5 Å². The summed E-state index contributed by atoms with van der Waals surface area (Å²) in [5.41, 5.74) is 2.08. The maximum atomic E-state index is 14.0. The number of allylic oxidation sites excluding steroid dienone is 2. The molecule has 0 aromatic heterocycles. The molecule has 0 spiro atoms. The second-order valence-electron chi connectivity index (χ2n) is 10.5. The highest BCUT2D eigenvalue weighted by Gasteiger charge is 2.76. The van der Waals surface area contributed by atoms with Gasteiger partial charge in [-0.05, 0) is 54.7 Å². The summed E-state index contributed by atoms with van der Waals surface area (Å²) in [5, 5.41) is 11.2. The molecule has 39 heavy (non-hydrogen) atoms. The van der Waals surface area contributed by atoms with Crippen molar-refractivity contribution in [2.75, 3.05) is 11.9 Å². The minimum Gasteiger partial charge on any atom is -0.508 e. The maximum absolute atomic E-state index is 14.0. The molecule has 6 rings (SSSR count). The second kappa shape index (κ2) is 8.68. The summed E-state index contributed by atoms with van der Waals surface area (Å²) in [6.07, 6.45) is 3.57. The molecule has 4 amide bonds. The molecule has 7 nitrogen and oxygen atoms in total. The first-order valence-corrected chi connectivity index (χ1v) is 13.6. The molecule has 6 atom stereocenters. The smallest absolute Gasteiger partial charge is 0.253 e. The number of aromatic hydroxyl groups is 1. The number of likely N-dealkylation sites (tertiary alicyclic amines) is 1. The van der Waals surface area contributed by atoms with Crippen molar-refractivity contribution in [3.05, 3.63) is 76.8 Å². The zero-order valence-electron chi connectivity index (χ0n) is 20.7. The fourth-order valence-electron chi connectivity index (χ4n) is 6.86. The second-order valence-corrected chi connectivity index (χ2v) is 12.2. The van der Waals surface area contributed by atoms with Crippen molar-refractivity contribution in [1.82, 2.24) is 4.90 Å². The summed E-state index contributed by atoms with van der Waals surface area (Å²) in [4.78, 5) is 52.8. The van der Waals surface area contributed by atoms with Crippen LogP contribution in [0.2, 0.25) is 5.02 Å². The average molecular weight is 586 g/mol. The Morgan fingerprint density at radius 3 is 2.36 bits per heavy atom. The number of phenols is 1. The van der Waals surface area contributed by atoms with Crippen molar-refractivity contribution in [3.8, 4) is 5.75 Å². The maximum Gasteiger partial charge on any atom is 0.253 e. The summed E-state index contributed by atoms with van der Waals surface area (Å²) in [6, 6.07) is 11.3. The number of amides is 4. The lowest BCUT2D eigenvalue weighted by molar-refractivity contribution is -0.138. The van der Waals surface area contributed by atoms with Crippen molar-refractivity contribution >= 4 is 70.2 Å². The SMILES string of the molecule is C=Cc1ccc(N2C(=O)C3CC=C4C(CC5(Cl)C(=O)N(C)C(=O)C5(Cl)C4c4cc(Cl)ccc4O)C3C2=O)cc1. The summed E-state index contributed by atoms with van der Waals surface area (Å²) >= 11 is 20.5. The topological polar surface area (TPSA) is 95.0 Å². The van der Waals surface area contributed by atoms with Gasteiger partial charge in [-0.1, -0.05) is 48.0 Å². The number of carbonyl (C=O) groups is 4. The number of hydrogen-bond donors (Lipinski definition) is 1. The van der Waals surface area contributed by atoms with Gasteiger partial charge in [0.1, 0.15) is 5.75 Å². The molecule has 2 aromatic carbocycles. The van der Waals surface area contributed by atoms with Crippen LogP contribution in [0.25, 0.3) is 6.08 Å². The van der Waals surface area contributed by atoms with Gasteiger partial charge in [0.25, 0.3) is 11.8 Å². The normalized spacial score (nSPS) is 33.6. The van der Waals surface area contributed by atoms with Crippen molar-refractivity contribution in [3.63, 3.8) is 0 Å². The van der Waals surface area contributed by atoms with Gasteiger partial charge in [0, 0.05) is 23.6 Å². The Hall–Kier alpha value is -3.13. The van der Waals surface area contributed by atoms with Crippen LogP contribution in [0.5, 0.6) is 5.75 Å². The van der Waals surface area contributed by atoms with Gasteiger partial charge < -0.3 is 5.11 Å². The third-order valence-electron chi connectivity index (χ3n) is 8.70. The van der Waals surface area contributed by atoms with Crippen LogP contribution in [0.3, 0.4) is 0 Å². The highest BCUT2D eigenvalue weighted by molar-refractivity contribution is 6.53. The third kappa shape index (κ3) is 3.30. The minimum atomic E-state index is -1.98. The number of phenolic OH excluding ortho intramolecular Hbond substituents is 1. The lowest BCUT2D eigenvalue weighted by Gasteiger charge is -2.50. The van der Waals surface area contributed by atoms with Gasteiger partial charge in [0.2, 0.25) is 11.8 Å². The Bertz CT molecular complexity index is 1520. The largest absolute Gasteiger partial charge is 0.508 e. The van der Waals surface area contributed by atoms with E-state index in [1.165, 1.54) is 30.1 Å². The number of imide groups is 2.